The van der Waals surface area contributed by atoms with Gasteiger partial charge in [0.15, 0.2) is 5.65 Å². The van der Waals surface area contributed by atoms with E-state index in [9.17, 15) is 0 Å². The number of nitrogens with zero attached hydrogens (tertiary/aromatic N) is 3. The molecule has 0 fully saturated rings. The first-order valence-electron chi connectivity index (χ1n) is 4.04. The van der Waals surface area contributed by atoms with E-state index in [0.29, 0.717) is 12.3 Å². The normalized spacial score (nSPS) is 10.5. The van der Waals surface area contributed by atoms with E-state index < -0.39 is 0 Å². The molecule has 0 aromatic carbocycles. The number of hydrogen-bond donors (Lipinski definition) is 1. The fraction of sp³-hybridized carbons (Fsp3) is 0.250. The molecule has 0 spiro atoms. The molecule has 2 heterocycles. The maximum Gasteiger partial charge on any atom is 0.240 e. The first kappa shape index (κ1) is 7.85. The number of ether oxygens (including phenoxy) is 1. The summed E-state index contributed by atoms with van der Waals surface area (Å²) in [5.41, 5.74) is 6.13. The third-order valence-electron chi connectivity index (χ3n) is 1.64. The second kappa shape index (κ2) is 2.93. The van der Waals surface area contributed by atoms with E-state index in [1.54, 1.807) is 16.8 Å². The van der Waals surface area contributed by atoms with E-state index in [1.807, 2.05) is 13.0 Å². The Labute approximate surface area is 75.1 Å². The van der Waals surface area contributed by atoms with Crippen LogP contribution in [-0.2, 0) is 0 Å². The number of rotatable bonds is 2. The Morgan fingerprint density at radius 3 is 3.23 bits per heavy atom. The van der Waals surface area contributed by atoms with E-state index >= 15 is 0 Å². The molecule has 2 aromatic rings. The molecular weight excluding hydrogens is 168 g/mol. The Kier molecular flexibility index (Phi) is 1.77. The first-order chi connectivity index (χ1) is 6.29. The highest BCUT2D eigenvalue weighted by Crippen LogP contribution is 2.13. The van der Waals surface area contributed by atoms with Crippen molar-refractivity contribution >= 4 is 11.6 Å². The highest BCUT2D eigenvalue weighted by molar-refractivity contribution is 5.46. The van der Waals surface area contributed by atoms with Crippen LogP contribution in [0.3, 0.4) is 0 Å². The minimum Gasteiger partial charge on any atom is -0.494 e. The molecule has 0 saturated carbocycles. The number of nitrogen functional groups attached to an aromatic ring is 1. The van der Waals surface area contributed by atoms with Crippen molar-refractivity contribution in [1.82, 2.24) is 14.6 Å². The van der Waals surface area contributed by atoms with Crippen LogP contribution in [-0.4, -0.2) is 21.2 Å². The van der Waals surface area contributed by atoms with Crippen LogP contribution in [0.15, 0.2) is 18.3 Å². The zero-order valence-electron chi connectivity index (χ0n) is 7.27. The zero-order valence-corrected chi connectivity index (χ0v) is 7.27. The summed E-state index contributed by atoms with van der Waals surface area (Å²) in [7, 11) is 0. The lowest BCUT2D eigenvalue weighted by Crippen LogP contribution is -1.93. The molecule has 0 saturated heterocycles. The lowest BCUT2D eigenvalue weighted by molar-refractivity contribution is 0.340. The fourth-order valence-electron chi connectivity index (χ4n) is 1.14. The Hall–Kier alpha value is -1.78. The van der Waals surface area contributed by atoms with Crippen molar-refractivity contribution in [3.05, 3.63) is 18.3 Å². The minimum atomic E-state index is 0.272. The van der Waals surface area contributed by atoms with Gasteiger partial charge in [-0.3, -0.25) is 0 Å². The molecule has 0 radical (unpaired) electrons. The van der Waals surface area contributed by atoms with E-state index in [2.05, 4.69) is 10.1 Å². The van der Waals surface area contributed by atoms with Gasteiger partial charge in [0.05, 0.1) is 6.61 Å². The largest absolute Gasteiger partial charge is 0.494 e. The average molecular weight is 178 g/mol. The predicted molar refractivity (Wildman–Crippen MR) is 48.6 cm³/mol. The molecule has 0 bridgehead atoms. The van der Waals surface area contributed by atoms with Crippen LogP contribution in [0.5, 0.6) is 5.75 Å². The number of aromatic nitrogens is 3. The summed E-state index contributed by atoms with van der Waals surface area (Å²) in [5, 5.41) is 3.94. The molecule has 0 atom stereocenters. The van der Waals surface area contributed by atoms with Crippen molar-refractivity contribution in [2.24, 2.45) is 0 Å². The van der Waals surface area contributed by atoms with Crippen LogP contribution in [0, 0.1) is 0 Å². The molecule has 0 unspecified atom stereocenters. The van der Waals surface area contributed by atoms with Gasteiger partial charge in [-0.05, 0) is 13.0 Å². The third-order valence-corrected chi connectivity index (χ3v) is 1.64. The number of fused-ring (bicyclic) bond motifs is 1. The summed E-state index contributed by atoms with van der Waals surface area (Å²) >= 11 is 0. The second-order valence-corrected chi connectivity index (χ2v) is 2.57. The van der Waals surface area contributed by atoms with Gasteiger partial charge in [0, 0.05) is 12.3 Å². The fourth-order valence-corrected chi connectivity index (χ4v) is 1.14. The van der Waals surface area contributed by atoms with E-state index in [0.717, 1.165) is 5.75 Å². The molecular formula is C8H10N4O. The monoisotopic (exact) mass is 178 g/mol. The number of nitrogens with two attached hydrogens (primary N) is 1. The quantitative estimate of drug-likeness (QED) is 0.735. The Bertz CT molecular complexity index is 423. The van der Waals surface area contributed by atoms with Crippen molar-refractivity contribution in [3.63, 3.8) is 0 Å². The lowest BCUT2D eigenvalue weighted by Gasteiger charge is -2.01. The Morgan fingerprint density at radius 1 is 1.62 bits per heavy atom. The number of anilines is 1. The Morgan fingerprint density at radius 2 is 2.46 bits per heavy atom. The molecule has 2 rings (SSSR count). The summed E-state index contributed by atoms with van der Waals surface area (Å²) in [4.78, 5) is 4.01. The molecule has 5 heteroatoms. The van der Waals surface area contributed by atoms with Crippen molar-refractivity contribution in [2.45, 2.75) is 6.92 Å². The predicted octanol–water partition coefficient (Wildman–Crippen LogP) is 0.710. The maximum atomic E-state index is 5.43. The van der Waals surface area contributed by atoms with E-state index in [1.165, 1.54) is 0 Å². The van der Waals surface area contributed by atoms with Gasteiger partial charge >= 0.3 is 0 Å². The average Bonchev–Trinajstić information content (AvgIpc) is 2.44. The van der Waals surface area contributed by atoms with Crippen LogP contribution >= 0.6 is 0 Å². The molecule has 68 valence electrons. The van der Waals surface area contributed by atoms with Gasteiger partial charge in [-0.25, -0.2) is 4.52 Å². The zero-order chi connectivity index (χ0) is 9.26. The minimum absolute atomic E-state index is 0.272. The maximum absolute atomic E-state index is 5.43. The molecule has 5 nitrogen and oxygen atoms in total. The summed E-state index contributed by atoms with van der Waals surface area (Å²) in [5.74, 6) is 1.05. The van der Waals surface area contributed by atoms with Gasteiger partial charge in [0.2, 0.25) is 5.95 Å². The van der Waals surface area contributed by atoms with E-state index in [4.69, 9.17) is 10.5 Å². The van der Waals surface area contributed by atoms with Gasteiger partial charge in [0.1, 0.15) is 5.75 Å². The van der Waals surface area contributed by atoms with Crippen molar-refractivity contribution in [2.75, 3.05) is 12.3 Å². The number of pyridine rings is 1. The van der Waals surface area contributed by atoms with Crippen LogP contribution in [0.25, 0.3) is 5.65 Å². The van der Waals surface area contributed by atoms with E-state index in [-0.39, 0.29) is 5.95 Å². The first-order valence-corrected chi connectivity index (χ1v) is 4.04. The summed E-state index contributed by atoms with van der Waals surface area (Å²) in [6.45, 7) is 2.57. The van der Waals surface area contributed by atoms with Crippen LogP contribution in [0.2, 0.25) is 0 Å². The van der Waals surface area contributed by atoms with Gasteiger partial charge < -0.3 is 10.5 Å². The van der Waals surface area contributed by atoms with Gasteiger partial charge in [-0.1, -0.05) is 0 Å². The molecule has 13 heavy (non-hydrogen) atoms. The standard InChI is InChI=1S/C8H10N4O/c1-2-13-6-3-4-12-7(5-6)10-8(9)11-12/h3-5H,2H2,1H3,(H2,9,11). The molecule has 0 aliphatic rings. The summed E-state index contributed by atoms with van der Waals surface area (Å²) < 4.78 is 6.91. The van der Waals surface area contributed by atoms with Gasteiger partial charge in [-0.2, -0.15) is 4.98 Å². The third kappa shape index (κ3) is 1.40. The topological polar surface area (TPSA) is 65.4 Å². The highest BCUT2D eigenvalue weighted by Gasteiger charge is 2.00. The molecule has 2 aromatic heterocycles. The SMILES string of the molecule is CCOc1ccn2nc(N)nc2c1. The second-order valence-electron chi connectivity index (χ2n) is 2.57. The van der Waals surface area contributed by atoms with Crippen LogP contribution in [0.4, 0.5) is 5.95 Å². The summed E-state index contributed by atoms with van der Waals surface area (Å²) in [6.07, 6.45) is 1.77. The van der Waals surface area contributed by atoms with Crippen molar-refractivity contribution < 1.29 is 4.74 Å². The highest BCUT2D eigenvalue weighted by atomic mass is 16.5. The van der Waals surface area contributed by atoms with Crippen LogP contribution < -0.4 is 10.5 Å². The van der Waals surface area contributed by atoms with Crippen LogP contribution in [0.1, 0.15) is 6.92 Å². The number of hydrogen-bond acceptors (Lipinski definition) is 4. The molecule has 0 aliphatic heterocycles. The molecule has 0 aliphatic carbocycles. The van der Waals surface area contributed by atoms with Gasteiger partial charge in [0.25, 0.3) is 0 Å². The smallest absolute Gasteiger partial charge is 0.240 e. The van der Waals surface area contributed by atoms with Crippen molar-refractivity contribution in [1.29, 1.82) is 0 Å². The van der Waals surface area contributed by atoms with Crippen molar-refractivity contribution in [3.8, 4) is 5.75 Å². The molecule has 0 amide bonds. The Balaban J connectivity index is 2.48. The van der Waals surface area contributed by atoms with Gasteiger partial charge in [-0.15, -0.1) is 5.10 Å². The summed E-state index contributed by atoms with van der Waals surface area (Å²) in [6, 6.07) is 3.62. The molecule has 2 N–H and O–H groups in total. The lowest BCUT2D eigenvalue weighted by atomic mass is 10.4.